The van der Waals surface area contributed by atoms with Crippen LogP contribution in [0.5, 0.6) is 0 Å². The Bertz CT molecular complexity index is 211. The van der Waals surface area contributed by atoms with Gasteiger partial charge in [-0.1, -0.05) is 58.3 Å². The van der Waals surface area contributed by atoms with Gasteiger partial charge < -0.3 is 15.3 Å². The number of unbranched alkanes of at least 4 members (excludes halogenated alkanes) is 7. The third-order valence-electron chi connectivity index (χ3n) is 3.85. The van der Waals surface area contributed by atoms with Crippen molar-refractivity contribution < 1.29 is 15.3 Å². The normalized spacial score (nSPS) is 15.3. The molecule has 20 heavy (non-hydrogen) atoms. The average molecular weight is 288 g/mol. The van der Waals surface area contributed by atoms with Crippen LogP contribution in [0.4, 0.5) is 0 Å². The lowest BCUT2D eigenvalue weighted by Gasteiger charge is -2.22. The smallest absolute Gasteiger partial charge is 0.0800 e. The highest BCUT2D eigenvalue weighted by atomic mass is 16.3. The summed E-state index contributed by atoms with van der Waals surface area (Å²) in [6, 6.07) is 0. The molecule has 0 aromatic heterocycles. The van der Waals surface area contributed by atoms with Crippen molar-refractivity contribution in [1.29, 1.82) is 0 Å². The van der Waals surface area contributed by atoms with Crippen LogP contribution in [0, 0.1) is 0 Å². The molecule has 0 rings (SSSR count). The molecule has 0 aliphatic rings. The zero-order valence-electron chi connectivity index (χ0n) is 13.8. The highest BCUT2D eigenvalue weighted by Crippen LogP contribution is 2.17. The van der Waals surface area contributed by atoms with Gasteiger partial charge in [0.2, 0.25) is 0 Å². The summed E-state index contributed by atoms with van der Waals surface area (Å²) in [5.74, 6) is 0. The van der Waals surface area contributed by atoms with E-state index in [2.05, 4.69) is 6.92 Å². The van der Waals surface area contributed by atoms with Crippen LogP contribution in [0.3, 0.4) is 0 Å². The van der Waals surface area contributed by atoms with Crippen molar-refractivity contribution in [3.8, 4) is 0 Å². The molecule has 0 bridgehead atoms. The highest BCUT2D eigenvalue weighted by Gasteiger charge is 2.20. The second-order valence-electron chi connectivity index (χ2n) is 6.75. The average Bonchev–Trinajstić information content (AvgIpc) is 2.38. The van der Waals surface area contributed by atoms with E-state index in [4.69, 9.17) is 0 Å². The zero-order chi connectivity index (χ0) is 15.4. The fraction of sp³-hybridized carbons (Fsp3) is 1.00. The van der Waals surface area contributed by atoms with E-state index in [1.165, 1.54) is 38.5 Å². The van der Waals surface area contributed by atoms with Crippen LogP contribution < -0.4 is 0 Å². The zero-order valence-corrected chi connectivity index (χ0v) is 13.8. The Kier molecular flexibility index (Phi) is 11.5. The number of aliphatic hydroxyl groups is 3. The Hall–Kier alpha value is -0.120. The quantitative estimate of drug-likeness (QED) is 0.452. The molecule has 3 heteroatoms. The predicted octanol–water partition coefficient (Wildman–Crippen LogP) is 3.79. The molecule has 0 spiro atoms. The van der Waals surface area contributed by atoms with Gasteiger partial charge in [0.05, 0.1) is 17.8 Å². The summed E-state index contributed by atoms with van der Waals surface area (Å²) in [5.41, 5.74) is -0.765. The van der Waals surface area contributed by atoms with E-state index in [1.807, 2.05) is 0 Å². The molecule has 2 atom stereocenters. The molecule has 0 aromatic carbocycles. The number of aliphatic hydroxyl groups excluding tert-OH is 2. The van der Waals surface area contributed by atoms with Crippen molar-refractivity contribution >= 4 is 0 Å². The molecule has 0 aliphatic heterocycles. The molecule has 2 unspecified atom stereocenters. The first-order valence-electron chi connectivity index (χ1n) is 8.45. The molecule has 3 N–H and O–H groups in total. The van der Waals surface area contributed by atoms with Crippen LogP contribution in [0.2, 0.25) is 0 Å². The third kappa shape index (κ3) is 12.9. The minimum absolute atomic E-state index is 0.460. The maximum Gasteiger partial charge on any atom is 0.0800 e. The Balaban J connectivity index is 3.45. The van der Waals surface area contributed by atoms with Gasteiger partial charge in [-0.25, -0.2) is 0 Å². The van der Waals surface area contributed by atoms with Crippen molar-refractivity contribution in [3.63, 3.8) is 0 Å². The molecule has 0 amide bonds. The van der Waals surface area contributed by atoms with Gasteiger partial charge in [0.1, 0.15) is 0 Å². The standard InChI is InChI=1S/C17H36O3/c1-4-5-6-7-8-9-10-11-12-15(18)16(19)13-14-17(2,3)20/h15-16,18-20H,4-14H2,1-3H3. The summed E-state index contributed by atoms with van der Waals surface area (Å²) in [6.45, 7) is 5.68. The predicted molar refractivity (Wildman–Crippen MR) is 84.8 cm³/mol. The highest BCUT2D eigenvalue weighted by molar-refractivity contribution is 4.73. The molecule has 0 aromatic rings. The lowest BCUT2D eigenvalue weighted by molar-refractivity contribution is -0.0116. The Morgan fingerprint density at radius 2 is 1.20 bits per heavy atom. The number of hydrogen-bond acceptors (Lipinski definition) is 3. The van der Waals surface area contributed by atoms with Gasteiger partial charge in [-0.15, -0.1) is 0 Å². The molecular weight excluding hydrogens is 252 g/mol. The number of hydrogen-bond donors (Lipinski definition) is 3. The maximum absolute atomic E-state index is 9.86. The first kappa shape index (κ1) is 19.9. The van der Waals surface area contributed by atoms with E-state index in [0.29, 0.717) is 19.3 Å². The van der Waals surface area contributed by atoms with Crippen molar-refractivity contribution in [1.82, 2.24) is 0 Å². The van der Waals surface area contributed by atoms with Gasteiger partial charge in [0.25, 0.3) is 0 Å². The van der Waals surface area contributed by atoms with Crippen LogP contribution >= 0.6 is 0 Å². The lowest BCUT2D eigenvalue weighted by Crippen LogP contribution is -2.29. The van der Waals surface area contributed by atoms with Gasteiger partial charge in [-0.05, 0) is 33.1 Å². The Labute approximate surface area is 125 Å². The van der Waals surface area contributed by atoms with Crippen LogP contribution in [0.1, 0.15) is 91.4 Å². The van der Waals surface area contributed by atoms with Crippen LogP contribution in [0.15, 0.2) is 0 Å². The van der Waals surface area contributed by atoms with Gasteiger partial charge in [-0.2, -0.15) is 0 Å². The van der Waals surface area contributed by atoms with E-state index in [9.17, 15) is 15.3 Å². The largest absolute Gasteiger partial charge is 0.390 e. The Morgan fingerprint density at radius 3 is 1.70 bits per heavy atom. The number of rotatable bonds is 13. The minimum Gasteiger partial charge on any atom is -0.390 e. The first-order valence-corrected chi connectivity index (χ1v) is 8.45. The monoisotopic (exact) mass is 288 g/mol. The van der Waals surface area contributed by atoms with Crippen molar-refractivity contribution in [2.75, 3.05) is 0 Å². The molecule has 0 saturated carbocycles. The summed E-state index contributed by atoms with van der Waals surface area (Å²) in [5, 5.41) is 29.3. The van der Waals surface area contributed by atoms with Gasteiger partial charge in [0.15, 0.2) is 0 Å². The van der Waals surface area contributed by atoms with E-state index in [0.717, 1.165) is 12.8 Å². The van der Waals surface area contributed by atoms with Gasteiger partial charge >= 0.3 is 0 Å². The molecular formula is C17H36O3. The Morgan fingerprint density at radius 1 is 0.750 bits per heavy atom. The van der Waals surface area contributed by atoms with Gasteiger partial charge in [-0.3, -0.25) is 0 Å². The van der Waals surface area contributed by atoms with E-state index < -0.39 is 17.8 Å². The molecule has 0 radical (unpaired) electrons. The van der Waals surface area contributed by atoms with Gasteiger partial charge in [0, 0.05) is 0 Å². The van der Waals surface area contributed by atoms with Crippen LogP contribution in [-0.2, 0) is 0 Å². The molecule has 0 fully saturated rings. The van der Waals surface area contributed by atoms with E-state index >= 15 is 0 Å². The SMILES string of the molecule is CCCCCCCCCCC(O)C(O)CCC(C)(C)O. The lowest BCUT2D eigenvalue weighted by atomic mass is 9.96. The van der Waals surface area contributed by atoms with Crippen molar-refractivity contribution in [2.45, 2.75) is 109 Å². The summed E-state index contributed by atoms with van der Waals surface area (Å²) in [4.78, 5) is 0. The summed E-state index contributed by atoms with van der Waals surface area (Å²) in [6.07, 6.45) is 10.2. The third-order valence-corrected chi connectivity index (χ3v) is 3.85. The summed E-state index contributed by atoms with van der Waals surface area (Å²) < 4.78 is 0. The van der Waals surface area contributed by atoms with E-state index in [1.54, 1.807) is 13.8 Å². The maximum atomic E-state index is 9.86. The molecule has 0 heterocycles. The van der Waals surface area contributed by atoms with Crippen molar-refractivity contribution in [2.24, 2.45) is 0 Å². The molecule has 122 valence electrons. The second kappa shape index (κ2) is 11.5. The topological polar surface area (TPSA) is 60.7 Å². The fourth-order valence-corrected chi connectivity index (χ4v) is 2.37. The summed E-state index contributed by atoms with van der Waals surface area (Å²) in [7, 11) is 0. The second-order valence-corrected chi connectivity index (χ2v) is 6.75. The van der Waals surface area contributed by atoms with E-state index in [-0.39, 0.29) is 0 Å². The molecule has 3 nitrogen and oxygen atoms in total. The van der Waals surface area contributed by atoms with Crippen molar-refractivity contribution in [3.05, 3.63) is 0 Å². The molecule has 0 aliphatic carbocycles. The van der Waals surface area contributed by atoms with Crippen LogP contribution in [0.25, 0.3) is 0 Å². The first-order chi connectivity index (χ1) is 9.37. The van der Waals surface area contributed by atoms with Crippen LogP contribution in [-0.4, -0.2) is 33.1 Å². The summed E-state index contributed by atoms with van der Waals surface area (Å²) >= 11 is 0. The minimum atomic E-state index is -0.765. The molecule has 0 saturated heterocycles. The fourth-order valence-electron chi connectivity index (χ4n) is 2.37.